The van der Waals surface area contributed by atoms with Crippen LogP contribution in [0.25, 0.3) is 0 Å². The lowest BCUT2D eigenvalue weighted by Gasteiger charge is -2.31. The Bertz CT molecular complexity index is 774. The van der Waals surface area contributed by atoms with Crippen molar-refractivity contribution >= 4 is 15.9 Å². The second kappa shape index (κ2) is 9.91. The van der Waals surface area contributed by atoms with Crippen LogP contribution in [0.5, 0.6) is 5.75 Å². The molecule has 2 fully saturated rings. The fourth-order valence-electron chi connectivity index (χ4n) is 3.91. The normalized spacial score (nSPS) is 22.3. The molecule has 2 aliphatic rings. The Morgan fingerprint density at radius 3 is 2.48 bits per heavy atom. The number of carbonyl (C=O) groups is 1. The first-order chi connectivity index (χ1) is 13.9. The molecule has 1 aromatic rings. The maximum atomic E-state index is 12.5. The molecule has 0 bridgehead atoms. The first kappa shape index (κ1) is 22.1. The quantitative estimate of drug-likeness (QED) is 0.724. The molecule has 0 saturated carbocycles. The van der Waals surface area contributed by atoms with Crippen LogP contribution >= 0.6 is 0 Å². The van der Waals surface area contributed by atoms with Crippen LogP contribution in [0.1, 0.15) is 38.2 Å². The third-order valence-corrected chi connectivity index (χ3v) is 7.72. The summed E-state index contributed by atoms with van der Waals surface area (Å²) in [5.41, 5.74) is 1.00. The average Bonchev–Trinajstić information content (AvgIpc) is 2.74. The van der Waals surface area contributed by atoms with Gasteiger partial charge in [-0.15, -0.1) is 0 Å². The molecule has 2 heterocycles. The van der Waals surface area contributed by atoms with Crippen LogP contribution in [0.2, 0.25) is 0 Å². The molecule has 1 aromatic carbocycles. The Hall–Kier alpha value is -1.64. The van der Waals surface area contributed by atoms with Crippen LogP contribution in [0.3, 0.4) is 0 Å². The molecule has 1 N–H and O–H groups in total. The van der Waals surface area contributed by atoms with Gasteiger partial charge in [0.1, 0.15) is 11.9 Å². The SMILES string of the molecule is CCS(=O)(=O)N1CCC[C@@H](C(=O)NCc2ccc(OC3CCN(C)CC3)cc2)C1. The van der Waals surface area contributed by atoms with Gasteiger partial charge < -0.3 is 15.0 Å². The lowest BCUT2D eigenvalue weighted by molar-refractivity contribution is -0.126. The number of piperidine rings is 2. The molecule has 2 saturated heterocycles. The standard InChI is InChI=1S/C21H33N3O4S/c1-3-29(26,27)24-12-4-5-18(16-24)21(25)22-15-17-6-8-19(9-7-17)28-20-10-13-23(2)14-11-20/h6-9,18,20H,3-5,10-16H2,1-2H3,(H,22,25)/t18-/m1/s1. The van der Waals surface area contributed by atoms with Crippen molar-refractivity contribution in [2.45, 2.75) is 45.3 Å². The van der Waals surface area contributed by atoms with E-state index in [0.29, 0.717) is 13.1 Å². The van der Waals surface area contributed by atoms with E-state index in [-0.39, 0.29) is 30.2 Å². The first-order valence-electron chi connectivity index (χ1n) is 10.6. The minimum Gasteiger partial charge on any atom is -0.490 e. The Balaban J connectivity index is 1.46. The first-order valence-corrected chi connectivity index (χ1v) is 12.2. The molecule has 0 radical (unpaired) electrons. The molecule has 0 aromatic heterocycles. The zero-order chi connectivity index (χ0) is 20.9. The Morgan fingerprint density at radius 1 is 1.14 bits per heavy atom. The number of ether oxygens (including phenoxy) is 1. The van der Waals surface area contributed by atoms with Gasteiger partial charge in [0.25, 0.3) is 0 Å². The van der Waals surface area contributed by atoms with E-state index in [9.17, 15) is 13.2 Å². The molecule has 1 amide bonds. The fraction of sp³-hybridized carbons (Fsp3) is 0.667. The summed E-state index contributed by atoms with van der Waals surface area (Å²) < 4.78 is 31.7. The van der Waals surface area contributed by atoms with Gasteiger partial charge in [0.2, 0.25) is 15.9 Å². The number of carbonyl (C=O) groups excluding carboxylic acids is 1. The van der Waals surface area contributed by atoms with Gasteiger partial charge in [0.15, 0.2) is 0 Å². The number of hydrogen-bond acceptors (Lipinski definition) is 5. The molecule has 162 valence electrons. The van der Waals surface area contributed by atoms with E-state index in [1.165, 1.54) is 4.31 Å². The summed E-state index contributed by atoms with van der Waals surface area (Å²) in [6, 6.07) is 7.85. The zero-order valence-corrected chi connectivity index (χ0v) is 18.3. The molecule has 2 aliphatic heterocycles. The molecule has 0 aliphatic carbocycles. The average molecular weight is 424 g/mol. The van der Waals surface area contributed by atoms with Crippen LogP contribution in [0.4, 0.5) is 0 Å². The van der Waals surface area contributed by atoms with E-state index in [4.69, 9.17) is 4.74 Å². The molecular formula is C21H33N3O4S. The summed E-state index contributed by atoms with van der Waals surface area (Å²) in [4.78, 5) is 14.8. The lowest BCUT2D eigenvalue weighted by atomic mass is 9.99. The monoisotopic (exact) mass is 423 g/mol. The largest absolute Gasteiger partial charge is 0.490 e. The van der Waals surface area contributed by atoms with Gasteiger partial charge in [0.05, 0.1) is 11.7 Å². The van der Waals surface area contributed by atoms with Gasteiger partial charge >= 0.3 is 0 Å². The minimum absolute atomic E-state index is 0.0762. The second-order valence-corrected chi connectivity index (χ2v) is 10.3. The summed E-state index contributed by atoms with van der Waals surface area (Å²) in [6.07, 6.45) is 3.80. The molecule has 29 heavy (non-hydrogen) atoms. The van der Waals surface area contributed by atoms with Gasteiger partial charge in [-0.25, -0.2) is 12.7 Å². The molecular weight excluding hydrogens is 390 g/mol. The predicted octanol–water partition coefficient (Wildman–Crippen LogP) is 1.84. The van der Waals surface area contributed by atoms with Crippen LogP contribution in [0, 0.1) is 5.92 Å². The van der Waals surface area contributed by atoms with E-state index in [1.54, 1.807) is 6.92 Å². The number of likely N-dealkylation sites (tertiary alicyclic amines) is 1. The molecule has 7 nitrogen and oxygen atoms in total. The number of nitrogens with zero attached hydrogens (tertiary/aromatic N) is 2. The molecule has 1 atom stereocenters. The summed E-state index contributed by atoms with van der Waals surface area (Å²) in [5, 5.41) is 2.96. The van der Waals surface area contributed by atoms with Crippen molar-refractivity contribution in [3.8, 4) is 5.75 Å². The summed E-state index contributed by atoms with van der Waals surface area (Å²) in [7, 11) is -1.11. The number of rotatable bonds is 7. The molecule has 0 spiro atoms. The maximum absolute atomic E-state index is 12.5. The van der Waals surface area contributed by atoms with E-state index < -0.39 is 10.0 Å². The third-order valence-electron chi connectivity index (χ3n) is 5.87. The van der Waals surface area contributed by atoms with Crippen molar-refractivity contribution in [1.82, 2.24) is 14.5 Å². The highest BCUT2D eigenvalue weighted by Gasteiger charge is 2.31. The number of sulfonamides is 1. The molecule has 0 unspecified atom stereocenters. The minimum atomic E-state index is -3.24. The van der Waals surface area contributed by atoms with E-state index in [2.05, 4.69) is 17.3 Å². The predicted molar refractivity (Wildman–Crippen MR) is 113 cm³/mol. The lowest BCUT2D eigenvalue weighted by Crippen LogP contribution is -2.45. The van der Waals surface area contributed by atoms with Gasteiger partial charge in [-0.3, -0.25) is 4.79 Å². The highest BCUT2D eigenvalue weighted by atomic mass is 32.2. The van der Waals surface area contributed by atoms with E-state index in [1.807, 2.05) is 24.3 Å². The van der Waals surface area contributed by atoms with Gasteiger partial charge in [-0.05, 0) is 57.4 Å². The zero-order valence-electron chi connectivity index (χ0n) is 17.5. The van der Waals surface area contributed by atoms with Crippen LogP contribution < -0.4 is 10.1 Å². The Labute approximate surface area is 174 Å². The van der Waals surface area contributed by atoms with Gasteiger partial charge in [0, 0.05) is 32.7 Å². The highest BCUT2D eigenvalue weighted by Crippen LogP contribution is 2.21. The van der Waals surface area contributed by atoms with Crippen molar-refractivity contribution in [3.63, 3.8) is 0 Å². The van der Waals surface area contributed by atoms with Crippen molar-refractivity contribution in [1.29, 1.82) is 0 Å². The smallest absolute Gasteiger partial charge is 0.224 e. The van der Waals surface area contributed by atoms with Crippen molar-refractivity contribution < 1.29 is 17.9 Å². The van der Waals surface area contributed by atoms with Crippen LogP contribution in [0.15, 0.2) is 24.3 Å². The van der Waals surface area contributed by atoms with Gasteiger partial charge in [-0.2, -0.15) is 0 Å². The number of benzene rings is 1. The highest BCUT2D eigenvalue weighted by molar-refractivity contribution is 7.89. The van der Waals surface area contributed by atoms with Crippen LogP contribution in [-0.2, 0) is 21.4 Å². The van der Waals surface area contributed by atoms with Crippen LogP contribution in [-0.4, -0.2) is 68.6 Å². The second-order valence-electron chi connectivity index (χ2n) is 8.08. The summed E-state index contributed by atoms with van der Waals surface area (Å²) >= 11 is 0. The van der Waals surface area contributed by atoms with Crippen molar-refractivity contribution in [2.75, 3.05) is 39.0 Å². The number of nitrogens with one attached hydrogen (secondary N) is 1. The molecule has 8 heteroatoms. The number of hydrogen-bond donors (Lipinski definition) is 1. The summed E-state index contributed by atoms with van der Waals surface area (Å²) in [5.74, 6) is 0.583. The van der Waals surface area contributed by atoms with Crippen molar-refractivity contribution in [2.24, 2.45) is 5.92 Å². The van der Waals surface area contributed by atoms with E-state index >= 15 is 0 Å². The Morgan fingerprint density at radius 2 is 1.83 bits per heavy atom. The third kappa shape index (κ3) is 6.17. The number of amides is 1. The maximum Gasteiger partial charge on any atom is 0.224 e. The van der Waals surface area contributed by atoms with Gasteiger partial charge in [-0.1, -0.05) is 12.1 Å². The Kier molecular flexibility index (Phi) is 7.54. The van der Waals surface area contributed by atoms with E-state index in [0.717, 1.165) is 50.1 Å². The molecule has 3 rings (SSSR count). The fourth-order valence-corrected chi connectivity index (χ4v) is 5.09. The summed E-state index contributed by atoms with van der Waals surface area (Å²) in [6.45, 7) is 4.99. The van der Waals surface area contributed by atoms with Crippen molar-refractivity contribution in [3.05, 3.63) is 29.8 Å². The topological polar surface area (TPSA) is 79.0 Å².